The second-order valence-electron chi connectivity index (χ2n) is 2.25. The summed E-state index contributed by atoms with van der Waals surface area (Å²) < 4.78 is 5.11. The third-order valence-electron chi connectivity index (χ3n) is 1.37. The summed E-state index contributed by atoms with van der Waals surface area (Å²) in [7, 11) is 0. The van der Waals surface area contributed by atoms with Gasteiger partial charge in [0, 0.05) is 0 Å². The molecule has 0 unspecified atom stereocenters. The molecule has 0 fully saturated rings. The average Bonchev–Trinajstić information content (AvgIpc) is 2.16. The molecule has 0 atom stereocenters. The van der Waals surface area contributed by atoms with E-state index in [-0.39, 0.29) is 6.61 Å². The maximum Gasteiger partial charge on any atom is 0.148 e. The highest BCUT2D eigenvalue weighted by atomic mass is 35.5. The summed E-state index contributed by atoms with van der Waals surface area (Å²) >= 11 is 5.80. The van der Waals surface area contributed by atoms with Crippen LogP contribution in [-0.2, 0) is 0 Å². The zero-order valence-corrected chi connectivity index (χ0v) is 7.51. The van der Waals surface area contributed by atoms with Crippen LogP contribution in [0.5, 0.6) is 5.75 Å². The first-order valence-corrected chi connectivity index (χ1v) is 3.91. The number of hydrogen-bond acceptors (Lipinski definition) is 2. The van der Waals surface area contributed by atoms with Crippen LogP contribution in [0.4, 0.5) is 0 Å². The van der Waals surface area contributed by atoms with Crippen LogP contribution in [0.3, 0.4) is 0 Å². The summed E-state index contributed by atoms with van der Waals surface area (Å²) in [6, 6.07) is 6.75. The molecular formula is C10H6ClNO. The Morgan fingerprint density at radius 3 is 2.85 bits per heavy atom. The molecule has 0 aromatic heterocycles. The van der Waals surface area contributed by atoms with E-state index in [0.29, 0.717) is 16.3 Å². The average molecular weight is 192 g/mol. The van der Waals surface area contributed by atoms with Gasteiger partial charge < -0.3 is 4.74 Å². The number of nitriles is 1. The van der Waals surface area contributed by atoms with Gasteiger partial charge in [0.05, 0.1) is 16.7 Å². The SMILES string of the molecule is C#CCOc1ccc(C#N)cc1Cl. The zero-order chi connectivity index (χ0) is 9.68. The lowest BCUT2D eigenvalue weighted by Crippen LogP contribution is -1.94. The number of ether oxygens (including phenoxy) is 1. The fourth-order valence-corrected chi connectivity index (χ4v) is 1.04. The molecule has 2 nitrogen and oxygen atoms in total. The van der Waals surface area contributed by atoms with E-state index in [9.17, 15) is 0 Å². The van der Waals surface area contributed by atoms with Crippen molar-refractivity contribution in [3.8, 4) is 24.2 Å². The van der Waals surface area contributed by atoms with Gasteiger partial charge in [0.2, 0.25) is 0 Å². The van der Waals surface area contributed by atoms with Crippen LogP contribution in [0, 0.1) is 23.7 Å². The molecule has 0 aliphatic carbocycles. The molecule has 0 radical (unpaired) electrons. The van der Waals surface area contributed by atoms with E-state index in [1.165, 1.54) is 6.07 Å². The van der Waals surface area contributed by atoms with Crippen LogP contribution < -0.4 is 4.74 Å². The van der Waals surface area contributed by atoms with Gasteiger partial charge in [-0.25, -0.2) is 0 Å². The molecule has 0 bridgehead atoms. The highest BCUT2D eigenvalue weighted by Gasteiger charge is 2.01. The van der Waals surface area contributed by atoms with Crippen molar-refractivity contribution in [3.63, 3.8) is 0 Å². The molecule has 0 N–H and O–H groups in total. The van der Waals surface area contributed by atoms with Crippen molar-refractivity contribution < 1.29 is 4.74 Å². The molecule has 0 saturated heterocycles. The number of rotatable bonds is 2. The Hall–Kier alpha value is -1.64. The molecule has 64 valence electrons. The topological polar surface area (TPSA) is 33.0 Å². The minimum absolute atomic E-state index is 0.172. The monoisotopic (exact) mass is 191 g/mol. The second-order valence-corrected chi connectivity index (χ2v) is 2.66. The van der Waals surface area contributed by atoms with Gasteiger partial charge in [-0.05, 0) is 18.2 Å². The van der Waals surface area contributed by atoms with Crippen molar-refractivity contribution in [3.05, 3.63) is 28.8 Å². The summed E-state index contributed by atoms with van der Waals surface area (Å²) in [5, 5.41) is 8.94. The normalized spacial score (nSPS) is 8.54. The number of nitrogens with zero attached hydrogens (tertiary/aromatic N) is 1. The van der Waals surface area contributed by atoms with Crippen molar-refractivity contribution >= 4 is 11.6 Å². The molecular weight excluding hydrogens is 186 g/mol. The van der Waals surface area contributed by atoms with Gasteiger partial charge in [-0.15, -0.1) is 6.42 Å². The molecule has 1 rings (SSSR count). The fraction of sp³-hybridized carbons (Fsp3) is 0.100. The molecule has 0 amide bonds. The van der Waals surface area contributed by atoms with E-state index in [4.69, 9.17) is 28.0 Å². The predicted molar refractivity (Wildman–Crippen MR) is 50.5 cm³/mol. The van der Waals surface area contributed by atoms with Gasteiger partial charge in [0.25, 0.3) is 0 Å². The van der Waals surface area contributed by atoms with Gasteiger partial charge in [-0.1, -0.05) is 17.5 Å². The Morgan fingerprint density at radius 2 is 2.31 bits per heavy atom. The van der Waals surface area contributed by atoms with Crippen LogP contribution in [0.25, 0.3) is 0 Å². The van der Waals surface area contributed by atoms with Crippen LogP contribution in [0.1, 0.15) is 5.56 Å². The Labute approximate surface area is 81.7 Å². The highest BCUT2D eigenvalue weighted by Crippen LogP contribution is 2.24. The fourth-order valence-electron chi connectivity index (χ4n) is 0.807. The summed E-state index contributed by atoms with van der Waals surface area (Å²) in [4.78, 5) is 0. The molecule has 0 spiro atoms. The van der Waals surface area contributed by atoms with Gasteiger partial charge >= 0.3 is 0 Å². The zero-order valence-electron chi connectivity index (χ0n) is 6.75. The van der Waals surface area contributed by atoms with E-state index in [0.717, 1.165) is 0 Å². The lowest BCUT2D eigenvalue weighted by Gasteiger charge is -2.03. The molecule has 0 aliphatic heterocycles. The first-order chi connectivity index (χ1) is 6.27. The lowest BCUT2D eigenvalue weighted by atomic mass is 10.2. The largest absolute Gasteiger partial charge is 0.479 e. The summed E-state index contributed by atoms with van der Waals surface area (Å²) in [5.41, 5.74) is 0.498. The lowest BCUT2D eigenvalue weighted by molar-refractivity contribution is 0.370. The standard InChI is InChI=1S/C10H6ClNO/c1-2-5-13-10-4-3-8(7-12)6-9(10)11/h1,3-4,6H,5H2. The van der Waals surface area contributed by atoms with Crippen molar-refractivity contribution in [2.45, 2.75) is 0 Å². The maximum absolute atomic E-state index is 8.55. The van der Waals surface area contributed by atoms with Gasteiger partial charge in [-0.2, -0.15) is 5.26 Å². The van der Waals surface area contributed by atoms with Gasteiger partial charge in [-0.3, -0.25) is 0 Å². The van der Waals surface area contributed by atoms with Crippen molar-refractivity contribution in [2.24, 2.45) is 0 Å². The Bertz CT molecular complexity index is 387. The van der Waals surface area contributed by atoms with Crippen LogP contribution in [-0.4, -0.2) is 6.61 Å². The summed E-state index contributed by atoms with van der Waals surface area (Å²) in [6.45, 7) is 0.172. The third kappa shape index (κ3) is 2.40. The van der Waals surface area contributed by atoms with Gasteiger partial charge in [0.1, 0.15) is 12.4 Å². The summed E-state index contributed by atoms with van der Waals surface area (Å²) in [6.07, 6.45) is 5.01. The minimum Gasteiger partial charge on any atom is -0.479 e. The van der Waals surface area contributed by atoms with E-state index in [1.807, 2.05) is 6.07 Å². The molecule has 0 heterocycles. The Morgan fingerprint density at radius 1 is 1.54 bits per heavy atom. The Kier molecular flexibility index (Phi) is 3.20. The van der Waals surface area contributed by atoms with Crippen LogP contribution >= 0.6 is 11.6 Å². The molecule has 1 aromatic rings. The quantitative estimate of drug-likeness (QED) is 0.672. The van der Waals surface area contributed by atoms with Crippen LogP contribution in [0.2, 0.25) is 5.02 Å². The van der Waals surface area contributed by atoms with Crippen LogP contribution in [0.15, 0.2) is 18.2 Å². The molecule has 13 heavy (non-hydrogen) atoms. The Balaban J connectivity index is 2.88. The van der Waals surface area contributed by atoms with Crippen molar-refractivity contribution in [2.75, 3.05) is 6.61 Å². The van der Waals surface area contributed by atoms with E-state index >= 15 is 0 Å². The minimum atomic E-state index is 0.172. The molecule has 3 heteroatoms. The molecule has 0 aliphatic rings. The maximum atomic E-state index is 8.55. The number of halogens is 1. The smallest absolute Gasteiger partial charge is 0.148 e. The molecule has 1 aromatic carbocycles. The number of hydrogen-bond donors (Lipinski definition) is 0. The second kappa shape index (κ2) is 4.40. The number of benzene rings is 1. The third-order valence-corrected chi connectivity index (χ3v) is 1.67. The first kappa shape index (κ1) is 9.45. The van der Waals surface area contributed by atoms with Crippen molar-refractivity contribution in [1.29, 1.82) is 5.26 Å². The highest BCUT2D eigenvalue weighted by molar-refractivity contribution is 6.32. The predicted octanol–water partition coefficient (Wildman–Crippen LogP) is 2.22. The van der Waals surface area contributed by atoms with E-state index in [1.54, 1.807) is 12.1 Å². The van der Waals surface area contributed by atoms with E-state index < -0.39 is 0 Å². The number of terminal acetylenes is 1. The summed E-state index contributed by atoms with van der Waals surface area (Å²) in [5.74, 6) is 2.82. The molecule has 0 saturated carbocycles. The van der Waals surface area contributed by atoms with Gasteiger partial charge in [0.15, 0.2) is 0 Å². The van der Waals surface area contributed by atoms with Crippen molar-refractivity contribution in [1.82, 2.24) is 0 Å². The first-order valence-electron chi connectivity index (χ1n) is 3.54. The van der Waals surface area contributed by atoms with E-state index in [2.05, 4.69) is 5.92 Å².